The molecule has 1 unspecified atom stereocenters. The van der Waals surface area contributed by atoms with Crippen molar-refractivity contribution in [2.24, 2.45) is 0 Å². The van der Waals surface area contributed by atoms with Crippen LogP contribution in [0.5, 0.6) is 0 Å². The number of para-hydroxylation sites is 1. The average Bonchev–Trinajstić information content (AvgIpc) is 2.98. The monoisotopic (exact) mass is 364 g/mol. The van der Waals surface area contributed by atoms with Gasteiger partial charge in [0, 0.05) is 11.8 Å². The van der Waals surface area contributed by atoms with E-state index in [-0.39, 0.29) is 16.8 Å². The number of rotatable bonds is 5. The van der Waals surface area contributed by atoms with Crippen molar-refractivity contribution >= 4 is 44.9 Å². The molecule has 3 nitrogen and oxygen atoms in total. The van der Waals surface area contributed by atoms with Gasteiger partial charge in [-0.25, -0.2) is 13.8 Å². The highest BCUT2D eigenvalue weighted by Gasteiger charge is 2.16. The zero-order chi connectivity index (χ0) is 17.1. The largest absolute Gasteiger partial charge is 0.323 e. The van der Waals surface area contributed by atoms with Gasteiger partial charge in [-0.3, -0.25) is 4.79 Å². The summed E-state index contributed by atoms with van der Waals surface area (Å²) < 4.78 is 27.6. The van der Waals surface area contributed by atoms with Gasteiger partial charge in [0.05, 0.1) is 21.2 Å². The number of thioether (sulfide) groups is 1. The molecule has 24 heavy (non-hydrogen) atoms. The number of hydrogen-bond donors (Lipinski definition) is 1. The third kappa shape index (κ3) is 3.91. The summed E-state index contributed by atoms with van der Waals surface area (Å²) in [6.07, 6.45) is 0. The van der Waals surface area contributed by atoms with E-state index < -0.39 is 11.6 Å². The molecule has 2 aromatic carbocycles. The van der Waals surface area contributed by atoms with Crippen LogP contribution < -0.4 is 5.32 Å². The lowest BCUT2D eigenvalue weighted by molar-refractivity contribution is -0.115. The molecule has 124 valence electrons. The van der Waals surface area contributed by atoms with Gasteiger partial charge in [-0.1, -0.05) is 12.1 Å². The Morgan fingerprint density at radius 1 is 1.29 bits per heavy atom. The Bertz CT molecular complexity index is 849. The fourth-order valence-electron chi connectivity index (χ4n) is 2.08. The van der Waals surface area contributed by atoms with Crippen molar-refractivity contribution in [1.29, 1.82) is 0 Å². The summed E-state index contributed by atoms with van der Waals surface area (Å²) in [4.78, 5) is 16.6. The van der Waals surface area contributed by atoms with Crippen LogP contribution in [0.25, 0.3) is 10.2 Å². The van der Waals surface area contributed by atoms with Crippen molar-refractivity contribution in [3.8, 4) is 0 Å². The molecule has 0 bridgehead atoms. The third-order valence-corrected chi connectivity index (χ3v) is 5.73. The second kappa shape index (κ2) is 7.27. The molecule has 0 saturated carbocycles. The topological polar surface area (TPSA) is 42.0 Å². The Morgan fingerprint density at radius 3 is 2.83 bits per heavy atom. The number of nitrogens with zero attached hydrogens (tertiary/aromatic N) is 1. The molecule has 0 aliphatic rings. The summed E-state index contributed by atoms with van der Waals surface area (Å²) in [5.41, 5.74) is 0.928. The number of carbonyl (C=O) groups is 1. The normalized spacial score (nSPS) is 12.3. The van der Waals surface area contributed by atoms with Gasteiger partial charge in [0.25, 0.3) is 0 Å². The van der Waals surface area contributed by atoms with E-state index in [0.717, 1.165) is 27.4 Å². The number of carbonyl (C=O) groups excluding carboxylic acids is 1. The minimum Gasteiger partial charge on any atom is -0.323 e. The van der Waals surface area contributed by atoms with Crippen LogP contribution in [0.3, 0.4) is 0 Å². The van der Waals surface area contributed by atoms with Crippen LogP contribution in [0.1, 0.15) is 11.9 Å². The summed E-state index contributed by atoms with van der Waals surface area (Å²) >= 11 is 3.01. The molecule has 7 heteroatoms. The Morgan fingerprint density at radius 2 is 2.08 bits per heavy atom. The first-order chi connectivity index (χ1) is 11.5. The number of halogens is 2. The predicted octanol–water partition coefficient (Wildman–Crippen LogP) is 4.83. The van der Waals surface area contributed by atoms with Gasteiger partial charge in [0.1, 0.15) is 16.6 Å². The van der Waals surface area contributed by atoms with Crippen molar-refractivity contribution in [2.45, 2.75) is 17.9 Å². The number of nitrogens with one attached hydrogen (secondary N) is 1. The molecule has 0 spiro atoms. The highest BCUT2D eigenvalue weighted by atomic mass is 32.2. The summed E-state index contributed by atoms with van der Waals surface area (Å²) in [5.74, 6) is -1.19. The van der Waals surface area contributed by atoms with E-state index in [1.807, 2.05) is 24.3 Å². The minimum atomic E-state index is -0.785. The Labute approximate surface area is 146 Å². The zero-order valence-corrected chi connectivity index (χ0v) is 14.4. The Kier molecular flexibility index (Phi) is 5.11. The van der Waals surface area contributed by atoms with E-state index >= 15 is 0 Å². The molecule has 1 N–H and O–H groups in total. The summed E-state index contributed by atoms with van der Waals surface area (Å²) in [5, 5.41) is 3.03. The van der Waals surface area contributed by atoms with E-state index in [4.69, 9.17) is 0 Å². The third-order valence-electron chi connectivity index (χ3n) is 3.35. The lowest BCUT2D eigenvalue weighted by atomic mass is 10.3. The Hall–Kier alpha value is -1.99. The first kappa shape index (κ1) is 16.9. The number of benzene rings is 2. The number of aromatic nitrogens is 1. The van der Waals surface area contributed by atoms with Gasteiger partial charge < -0.3 is 5.32 Å². The maximum Gasteiger partial charge on any atom is 0.237 e. The van der Waals surface area contributed by atoms with E-state index in [1.54, 1.807) is 18.3 Å². The molecule has 1 atom stereocenters. The van der Waals surface area contributed by atoms with Crippen LogP contribution in [0, 0.1) is 11.6 Å². The van der Waals surface area contributed by atoms with Crippen molar-refractivity contribution in [2.75, 3.05) is 5.32 Å². The van der Waals surface area contributed by atoms with Gasteiger partial charge in [-0.05, 0) is 31.2 Å². The highest BCUT2D eigenvalue weighted by Crippen LogP contribution is 2.27. The molecule has 1 amide bonds. The molecule has 3 rings (SSSR count). The quantitative estimate of drug-likeness (QED) is 0.705. The molecule has 3 aromatic rings. The smallest absolute Gasteiger partial charge is 0.237 e. The number of anilines is 1. The first-order valence-corrected chi connectivity index (χ1v) is 9.11. The van der Waals surface area contributed by atoms with Crippen molar-refractivity contribution < 1.29 is 13.6 Å². The maximum atomic E-state index is 13.6. The fraction of sp³-hybridized carbons (Fsp3) is 0.176. The minimum absolute atomic E-state index is 0.0196. The summed E-state index contributed by atoms with van der Waals surface area (Å²) in [7, 11) is 0. The lowest BCUT2D eigenvalue weighted by Gasteiger charge is -2.11. The van der Waals surface area contributed by atoms with Crippen LogP contribution >= 0.6 is 23.1 Å². The van der Waals surface area contributed by atoms with E-state index in [2.05, 4.69) is 10.3 Å². The van der Waals surface area contributed by atoms with Gasteiger partial charge in [0.15, 0.2) is 0 Å². The average molecular weight is 364 g/mol. The molecular formula is C17H14F2N2OS2. The zero-order valence-electron chi connectivity index (χ0n) is 12.8. The van der Waals surface area contributed by atoms with Crippen LogP contribution in [-0.2, 0) is 10.5 Å². The van der Waals surface area contributed by atoms with Gasteiger partial charge >= 0.3 is 0 Å². The van der Waals surface area contributed by atoms with Crippen LogP contribution in [-0.4, -0.2) is 16.1 Å². The Balaban J connectivity index is 1.59. The van der Waals surface area contributed by atoms with Crippen molar-refractivity contribution in [1.82, 2.24) is 4.98 Å². The fourth-order valence-corrected chi connectivity index (χ4v) is 3.95. The van der Waals surface area contributed by atoms with E-state index in [1.165, 1.54) is 17.8 Å². The van der Waals surface area contributed by atoms with Gasteiger partial charge in [-0.2, -0.15) is 0 Å². The summed E-state index contributed by atoms with van der Waals surface area (Å²) in [6, 6.07) is 10.9. The van der Waals surface area contributed by atoms with Crippen LogP contribution in [0.15, 0.2) is 42.5 Å². The van der Waals surface area contributed by atoms with E-state index in [0.29, 0.717) is 5.75 Å². The molecule has 1 aromatic heterocycles. The molecular weight excluding hydrogens is 350 g/mol. The molecule has 0 saturated heterocycles. The second-order valence-electron chi connectivity index (χ2n) is 5.14. The van der Waals surface area contributed by atoms with Crippen molar-refractivity contribution in [3.05, 3.63) is 59.1 Å². The molecule has 1 heterocycles. The SMILES string of the molecule is CC(SCc1nc2ccccc2s1)C(=O)Nc1ccc(F)cc1F. The van der Waals surface area contributed by atoms with Crippen LogP contribution in [0.2, 0.25) is 0 Å². The summed E-state index contributed by atoms with van der Waals surface area (Å²) in [6.45, 7) is 1.74. The lowest BCUT2D eigenvalue weighted by Crippen LogP contribution is -2.23. The standard InChI is InChI=1S/C17H14F2N2OS2/c1-10(17(22)21-13-7-6-11(18)8-12(13)19)23-9-16-20-14-4-2-3-5-15(14)24-16/h2-8,10H,9H2,1H3,(H,21,22). The first-order valence-electron chi connectivity index (χ1n) is 7.25. The van der Waals surface area contributed by atoms with E-state index in [9.17, 15) is 13.6 Å². The number of thiazole rings is 1. The van der Waals surface area contributed by atoms with Crippen LogP contribution in [0.4, 0.5) is 14.5 Å². The number of fused-ring (bicyclic) bond motifs is 1. The van der Waals surface area contributed by atoms with Crippen molar-refractivity contribution in [3.63, 3.8) is 0 Å². The second-order valence-corrected chi connectivity index (χ2v) is 7.59. The molecule has 0 aliphatic carbocycles. The maximum absolute atomic E-state index is 13.6. The predicted molar refractivity (Wildman–Crippen MR) is 95.4 cm³/mol. The number of hydrogen-bond acceptors (Lipinski definition) is 4. The van der Waals surface area contributed by atoms with Gasteiger partial charge in [0.2, 0.25) is 5.91 Å². The molecule has 0 fully saturated rings. The molecule has 0 radical (unpaired) electrons. The van der Waals surface area contributed by atoms with Gasteiger partial charge in [-0.15, -0.1) is 23.1 Å². The molecule has 0 aliphatic heterocycles. The number of amides is 1. The highest BCUT2D eigenvalue weighted by molar-refractivity contribution is 7.99.